The van der Waals surface area contributed by atoms with E-state index in [2.05, 4.69) is 5.32 Å². The zero-order chi connectivity index (χ0) is 21.4. The smallest absolute Gasteiger partial charge is 0.329 e. The van der Waals surface area contributed by atoms with Crippen LogP contribution in [0.5, 0.6) is 0 Å². The number of piperidine rings is 1. The Morgan fingerprint density at radius 3 is 2.48 bits per heavy atom. The molecule has 1 heterocycles. The quantitative estimate of drug-likeness (QED) is 0.622. The van der Waals surface area contributed by atoms with Gasteiger partial charge in [-0.1, -0.05) is 44.2 Å². The Kier molecular flexibility index (Phi) is 8.18. The van der Waals surface area contributed by atoms with Crippen molar-refractivity contribution in [1.29, 1.82) is 0 Å². The van der Waals surface area contributed by atoms with Gasteiger partial charge >= 0.3 is 5.97 Å². The molecule has 0 saturated carbocycles. The molecule has 1 aliphatic heterocycles. The molecule has 2 rings (SSSR count). The van der Waals surface area contributed by atoms with Crippen molar-refractivity contribution in [1.82, 2.24) is 10.2 Å². The van der Waals surface area contributed by atoms with Crippen molar-refractivity contribution in [2.75, 3.05) is 13.2 Å². The molecule has 1 aromatic carbocycles. The van der Waals surface area contributed by atoms with E-state index in [1.807, 2.05) is 30.3 Å². The maximum atomic E-state index is 12.5. The second kappa shape index (κ2) is 10.6. The number of carbonyl (C=O) groups excluding carboxylic acids is 4. The highest BCUT2D eigenvalue weighted by Gasteiger charge is 2.32. The number of benzene rings is 1. The molecule has 2 atom stereocenters. The lowest BCUT2D eigenvalue weighted by atomic mass is 10.0. The highest BCUT2D eigenvalue weighted by Crippen LogP contribution is 2.17. The third kappa shape index (κ3) is 6.58. The highest BCUT2D eigenvalue weighted by atomic mass is 16.5. The average Bonchev–Trinajstić information content (AvgIpc) is 2.70. The van der Waals surface area contributed by atoms with Gasteiger partial charge in [-0.15, -0.1) is 0 Å². The van der Waals surface area contributed by atoms with Crippen LogP contribution in [0.2, 0.25) is 0 Å². The summed E-state index contributed by atoms with van der Waals surface area (Å²) in [6, 6.07) is 7.65. The largest absolute Gasteiger partial charge is 0.454 e. The van der Waals surface area contributed by atoms with Gasteiger partial charge in [-0.3, -0.25) is 14.4 Å². The van der Waals surface area contributed by atoms with Gasteiger partial charge in [0.05, 0.1) is 6.42 Å². The molecule has 1 aromatic rings. The Labute approximate surface area is 170 Å². The van der Waals surface area contributed by atoms with Crippen molar-refractivity contribution in [3.63, 3.8) is 0 Å². The van der Waals surface area contributed by atoms with E-state index in [9.17, 15) is 19.2 Å². The Balaban J connectivity index is 1.90. The third-order valence-corrected chi connectivity index (χ3v) is 4.93. The molecule has 8 nitrogen and oxygen atoms in total. The van der Waals surface area contributed by atoms with Gasteiger partial charge in [-0.2, -0.15) is 0 Å². The van der Waals surface area contributed by atoms with E-state index in [0.717, 1.165) is 18.4 Å². The van der Waals surface area contributed by atoms with Crippen molar-refractivity contribution in [2.45, 2.75) is 51.6 Å². The summed E-state index contributed by atoms with van der Waals surface area (Å²) in [5, 5.41) is 2.68. The first kappa shape index (κ1) is 22.4. The molecule has 158 valence electrons. The van der Waals surface area contributed by atoms with Gasteiger partial charge in [-0.25, -0.2) is 4.79 Å². The molecule has 1 fully saturated rings. The Morgan fingerprint density at radius 2 is 1.86 bits per heavy atom. The van der Waals surface area contributed by atoms with Crippen LogP contribution in [0.1, 0.15) is 38.7 Å². The van der Waals surface area contributed by atoms with Crippen molar-refractivity contribution < 1.29 is 23.9 Å². The average molecular weight is 403 g/mol. The summed E-state index contributed by atoms with van der Waals surface area (Å²) >= 11 is 0. The number of amides is 3. The van der Waals surface area contributed by atoms with Crippen LogP contribution >= 0.6 is 0 Å². The fourth-order valence-corrected chi connectivity index (χ4v) is 3.33. The topological polar surface area (TPSA) is 119 Å². The summed E-state index contributed by atoms with van der Waals surface area (Å²) in [6.45, 7) is 3.49. The van der Waals surface area contributed by atoms with Crippen LogP contribution in [-0.4, -0.2) is 53.8 Å². The summed E-state index contributed by atoms with van der Waals surface area (Å²) in [5.74, 6) is -2.21. The fourth-order valence-electron chi connectivity index (χ4n) is 3.33. The number of nitrogens with two attached hydrogens (primary N) is 1. The number of esters is 1. The maximum Gasteiger partial charge on any atom is 0.329 e. The van der Waals surface area contributed by atoms with E-state index in [-0.39, 0.29) is 18.2 Å². The predicted molar refractivity (Wildman–Crippen MR) is 106 cm³/mol. The van der Waals surface area contributed by atoms with E-state index in [0.29, 0.717) is 13.0 Å². The summed E-state index contributed by atoms with van der Waals surface area (Å²) in [7, 11) is 0. The lowest BCUT2D eigenvalue weighted by molar-refractivity contribution is -0.157. The molecule has 1 aliphatic rings. The van der Waals surface area contributed by atoms with Crippen molar-refractivity contribution in [3.8, 4) is 0 Å². The SMILES string of the molecule is CC(C)[C@H](NC(=O)Cc1ccccc1)C(=O)OCC(=O)N1CCCC[C@@H]1C(N)=O. The Morgan fingerprint density at radius 1 is 1.17 bits per heavy atom. The minimum atomic E-state index is -0.868. The van der Waals surface area contributed by atoms with Crippen LogP contribution in [0.15, 0.2) is 30.3 Å². The molecule has 8 heteroatoms. The van der Waals surface area contributed by atoms with E-state index in [1.165, 1.54) is 4.90 Å². The van der Waals surface area contributed by atoms with Crippen molar-refractivity contribution in [3.05, 3.63) is 35.9 Å². The highest BCUT2D eigenvalue weighted by molar-refractivity contribution is 5.89. The number of hydrogen-bond donors (Lipinski definition) is 2. The number of likely N-dealkylation sites (tertiary alicyclic amines) is 1. The van der Waals surface area contributed by atoms with E-state index >= 15 is 0 Å². The zero-order valence-electron chi connectivity index (χ0n) is 16.9. The van der Waals surface area contributed by atoms with E-state index < -0.39 is 36.5 Å². The molecule has 3 N–H and O–H groups in total. The minimum Gasteiger partial charge on any atom is -0.454 e. The number of ether oxygens (including phenoxy) is 1. The van der Waals surface area contributed by atoms with Gasteiger partial charge in [0, 0.05) is 6.54 Å². The molecule has 1 saturated heterocycles. The Hall–Kier alpha value is -2.90. The zero-order valence-corrected chi connectivity index (χ0v) is 16.9. The van der Waals surface area contributed by atoms with Gasteiger partial charge < -0.3 is 20.7 Å². The molecule has 0 bridgehead atoms. The third-order valence-electron chi connectivity index (χ3n) is 4.93. The molecule has 29 heavy (non-hydrogen) atoms. The summed E-state index contributed by atoms with van der Waals surface area (Å²) in [4.78, 5) is 50.1. The van der Waals surface area contributed by atoms with Gasteiger partial charge in [0.25, 0.3) is 5.91 Å². The van der Waals surface area contributed by atoms with E-state index in [4.69, 9.17) is 10.5 Å². The number of hydrogen-bond acceptors (Lipinski definition) is 5. The van der Waals surface area contributed by atoms with Gasteiger partial charge in [-0.05, 0) is 30.7 Å². The molecule has 0 aliphatic carbocycles. The molecular formula is C21H29N3O5. The van der Waals surface area contributed by atoms with Gasteiger partial charge in [0.2, 0.25) is 11.8 Å². The van der Waals surface area contributed by atoms with Crippen molar-refractivity contribution in [2.24, 2.45) is 11.7 Å². The summed E-state index contributed by atoms with van der Waals surface area (Å²) in [5.41, 5.74) is 6.20. The Bertz CT molecular complexity index is 735. The number of nitrogens with one attached hydrogen (secondary N) is 1. The normalized spacial score (nSPS) is 17.5. The molecule has 3 amide bonds. The first-order valence-corrected chi connectivity index (χ1v) is 9.88. The molecule has 0 spiro atoms. The number of carbonyl (C=O) groups is 4. The van der Waals surface area contributed by atoms with Crippen LogP contribution in [0, 0.1) is 5.92 Å². The van der Waals surface area contributed by atoms with Crippen LogP contribution in [-0.2, 0) is 30.3 Å². The lowest BCUT2D eigenvalue weighted by Gasteiger charge is -2.33. The second-order valence-electron chi connectivity index (χ2n) is 7.56. The van der Waals surface area contributed by atoms with Gasteiger partial charge in [0.1, 0.15) is 12.1 Å². The summed E-state index contributed by atoms with van der Waals surface area (Å²) in [6.07, 6.45) is 2.25. The number of rotatable bonds is 8. The first-order chi connectivity index (χ1) is 13.8. The van der Waals surface area contributed by atoms with Crippen molar-refractivity contribution >= 4 is 23.7 Å². The number of primary amides is 1. The number of nitrogens with zero attached hydrogens (tertiary/aromatic N) is 1. The minimum absolute atomic E-state index is 0.143. The van der Waals surface area contributed by atoms with Crippen LogP contribution in [0.4, 0.5) is 0 Å². The second-order valence-corrected chi connectivity index (χ2v) is 7.56. The summed E-state index contributed by atoms with van der Waals surface area (Å²) < 4.78 is 5.16. The molecule has 0 unspecified atom stereocenters. The van der Waals surface area contributed by atoms with Crippen LogP contribution < -0.4 is 11.1 Å². The standard InChI is InChI=1S/C21H29N3O5/c1-14(2)19(23-17(25)12-15-8-4-3-5-9-15)21(28)29-13-18(26)24-11-7-6-10-16(24)20(22)27/h3-5,8-9,14,16,19H,6-7,10-13H2,1-2H3,(H2,22,27)(H,23,25)/t16-,19+/m1/s1. The molecule has 0 radical (unpaired) electrons. The van der Waals surface area contributed by atoms with E-state index in [1.54, 1.807) is 13.8 Å². The maximum absolute atomic E-state index is 12.5. The molecular weight excluding hydrogens is 374 g/mol. The lowest BCUT2D eigenvalue weighted by Crippen LogP contribution is -2.52. The molecule has 0 aromatic heterocycles. The van der Waals surface area contributed by atoms with Gasteiger partial charge in [0.15, 0.2) is 6.61 Å². The predicted octanol–water partition coefficient (Wildman–Crippen LogP) is 0.780. The monoisotopic (exact) mass is 403 g/mol. The van der Waals surface area contributed by atoms with Crippen LogP contribution in [0.25, 0.3) is 0 Å². The van der Waals surface area contributed by atoms with Crippen LogP contribution in [0.3, 0.4) is 0 Å². The first-order valence-electron chi connectivity index (χ1n) is 9.88. The fraction of sp³-hybridized carbons (Fsp3) is 0.524.